The van der Waals surface area contributed by atoms with Crippen LogP contribution in [0.15, 0.2) is 53.4 Å². The Morgan fingerprint density at radius 2 is 1.83 bits per heavy atom. The minimum absolute atomic E-state index is 0.315. The highest BCUT2D eigenvalue weighted by Gasteiger charge is 2.50. The zero-order chi connectivity index (χ0) is 20.1. The largest absolute Gasteiger partial charge is 0.358 e. The van der Waals surface area contributed by atoms with Crippen LogP contribution >= 0.6 is 22.9 Å². The van der Waals surface area contributed by atoms with Crippen molar-refractivity contribution in [2.75, 3.05) is 31.1 Å². The van der Waals surface area contributed by atoms with Crippen molar-refractivity contribution in [3.63, 3.8) is 0 Å². The van der Waals surface area contributed by atoms with Crippen LogP contribution in [0.4, 0.5) is 5.13 Å². The molecule has 3 aromatic rings. The van der Waals surface area contributed by atoms with Gasteiger partial charge < -0.3 is 9.64 Å². The second kappa shape index (κ2) is 7.21. The van der Waals surface area contributed by atoms with E-state index in [4.69, 9.17) is 21.3 Å². The molecular formula is C20H20ClN3O3S2. The first-order valence-corrected chi connectivity index (χ1v) is 12.1. The summed E-state index contributed by atoms with van der Waals surface area (Å²) in [7, 11) is -3.59. The molecule has 152 valence electrons. The summed E-state index contributed by atoms with van der Waals surface area (Å²) in [6, 6.07) is 14.3. The Morgan fingerprint density at radius 3 is 2.59 bits per heavy atom. The maximum atomic E-state index is 13.2. The number of hydrogen-bond donors (Lipinski definition) is 0. The van der Waals surface area contributed by atoms with Crippen LogP contribution in [0.3, 0.4) is 0 Å². The van der Waals surface area contributed by atoms with E-state index in [9.17, 15) is 8.42 Å². The first kappa shape index (κ1) is 19.3. The third kappa shape index (κ3) is 3.33. The quantitative estimate of drug-likeness (QED) is 0.605. The van der Waals surface area contributed by atoms with Gasteiger partial charge in [-0.25, -0.2) is 13.4 Å². The second-order valence-corrected chi connectivity index (χ2v) is 10.6. The molecule has 0 unspecified atom stereocenters. The molecule has 3 heterocycles. The Morgan fingerprint density at radius 1 is 1.07 bits per heavy atom. The number of piperidine rings is 1. The fraction of sp³-hybridized carbons (Fsp3) is 0.350. The summed E-state index contributed by atoms with van der Waals surface area (Å²) in [6.45, 7) is 2.19. The maximum absolute atomic E-state index is 13.2. The maximum Gasteiger partial charge on any atom is 0.245 e. The molecule has 2 saturated heterocycles. The molecule has 2 aliphatic heterocycles. The molecule has 0 atom stereocenters. The molecule has 1 spiro atoms. The summed E-state index contributed by atoms with van der Waals surface area (Å²) in [6.07, 6.45) is 1.21. The zero-order valence-electron chi connectivity index (χ0n) is 15.6. The van der Waals surface area contributed by atoms with E-state index in [1.165, 1.54) is 0 Å². The van der Waals surface area contributed by atoms with Gasteiger partial charge in [0.15, 0.2) is 5.13 Å². The van der Waals surface area contributed by atoms with Crippen molar-refractivity contribution in [1.29, 1.82) is 0 Å². The summed E-state index contributed by atoms with van der Waals surface area (Å²) in [5.74, 6) is 0. The van der Waals surface area contributed by atoms with Crippen LogP contribution in [-0.4, -0.2) is 49.7 Å². The van der Waals surface area contributed by atoms with Gasteiger partial charge in [0, 0.05) is 37.5 Å². The Hall–Kier alpha value is -1.71. The fourth-order valence-corrected chi connectivity index (χ4v) is 7.15. The molecule has 6 nitrogen and oxygen atoms in total. The monoisotopic (exact) mass is 449 g/mol. The number of thiazole rings is 1. The van der Waals surface area contributed by atoms with E-state index in [1.54, 1.807) is 39.9 Å². The third-order valence-electron chi connectivity index (χ3n) is 5.61. The average Bonchev–Trinajstić information content (AvgIpc) is 3.34. The summed E-state index contributed by atoms with van der Waals surface area (Å²) in [5.41, 5.74) is 0.158. The van der Waals surface area contributed by atoms with Gasteiger partial charge in [-0.3, -0.25) is 0 Å². The first-order valence-electron chi connectivity index (χ1n) is 9.51. The zero-order valence-corrected chi connectivity index (χ0v) is 18.0. The van der Waals surface area contributed by atoms with Crippen molar-refractivity contribution >= 4 is 48.3 Å². The Labute approximate surface area is 178 Å². The molecule has 2 aromatic carbocycles. The first-order chi connectivity index (χ1) is 14.0. The van der Waals surface area contributed by atoms with Gasteiger partial charge in [0.05, 0.1) is 21.7 Å². The smallest absolute Gasteiger partial charge is 0.245 e. The van der Waals surface area contributed by atoms with Gasteiger partial charge in [-0.1, -0.05) is 41.1 Å². The number of ether oxygens (including phenoxy) is 1. The van der Waals surface area contributed by atoms with Crippen LogP contribution in [-0.2, 0) is 14.8 Å². The van der Waals surface area contributed by atoms with E-state index in [0.29, 0.717) is 49.0 Å². The lowest BCUT2D eigenvalue weighted by atomic mass is 10.0. The van der Waals surface area contributed by atoms with E-state index in [-0.39, 0.29) is 0 Å². The topological polar surface area (TPSA) is 62.7 Å². The summed E-state index contributed by atoms with van der Waals surface area (Å²) >= 11 is 7.70. The summed E-state index contributed by atoms with van der Waals surface area (Å²) in [5, 5.41) is 1.64. The molecule has 0 saturated carbocycles. The highest BCUT2D eigenvalue weighted by Crippen LogP contribution is 2.40. The van der Waals surface area contributed by atoms with Crippen LogP contribution in [0.5, 0.6) is 0 Å². The van der Waals surface area contributed by atoms with Crippen molar-refractivity contribution in [3.05, 3.63) is 53.6 Å². The summed E-state index contributed by atoms with van der Waals surface area (Å²) < 4.78 is 35.1. The van der Waals surface area contributed by atoms with Gasteiger partial charge in [0.1, 0.15) is 5.72 Å². The molecule has 2 fully saturated rings. The van der Waals surface area contributed by atoms with Crippen molar-refractivity contribution < 1.29 is 13.2 Å². The SMILES string of the molecule is O=S(=O)(c1ccccc1)N1CCOC12CCN(c1nc3ccc(Cl)cc3s1)CC2. The molecule has 0 radical (unpaired) electrons. The predicted octanol–water partition coefficient (Wildman–Crippen LogP) is 3.97. The second-order valence-electron chi connectivity index (χ2n) is 7.28. The molecule has 0 aliphatic carbocycles. The lowest BCUT2D eigenvalue weighted by molar-refractivity contribution is -0.0664. The molecular weight excluding hydrogens is 430 g/mol. The molecule has 29 heavy (non-hydrogen) atoms. The van der Waals surface area contributed by atoms with Crippen LogP contribution in [0.1, 0.15) is 12.8 Å². The average molecular weight is 450 g/mol. The van der Waals surface area contributed by atoms with E-state index in [1.807, 2.05) is 24.3 Å². The molecule has 0 amide bonds. The van der Waals surface area contributed by atoms with Crippen molar-refractivity contribution in [3.8, 4) is 0 Å². The highest BCUT2D eigenvalue weighted by atomic mass is 35.5. The van der Waals surface area contributed by atoms with E-state index >= 15 is 0 Å². The summed E-state index contributed by atoms with van der Waals surface area (Å²) in [4.78, 5) is 7.24. The van der Waals surface area contributed by atoms with Crippen molar-refractivity contribution in [2.24, 2.45) is 0 Å². The number of hydrogen-bond acceptors (Lipinski definition) is 6. The van der Waals surface area contributed by atoms with Crippen LogP contribution in [0.25, 0.3) is 10.2 Å². The van der Waals surface area contributed by atoms with Crippen molar-refractivity contribution in [2.45, 2.75) is 23.5 Å². The van der Waals surface area contributed by atoms with E-state index in [0.717, 1.165) is 15.3 Å². The number of halogens is 1. The number of aromatic nitrogens is 1. The number of rotatable bonds is 3. The van der Waals surface area contributed by atoms with Gasteiger partial charge in [0.25, 0.3) is 0 Å². The standard InChI is InChI=1S/C20H20ClN3O3S2/c21-15-6-7-17-18(14-15)28-19(22-17)23-10-8-20(9-11-23)24(12-13-27-20)29(25,26)16-4-2-1-3-5-16/h1-7,14H,8-13H2. The Kier molecular flexibility index (Phi) is 4.79. The minimum Gasteiger partial charge on any atom is -0.358 e. The van der Waals surface area contributed by atoms with E-state index in [2.05, 4.69) is 4.90 Å². The third-order valence-corrected chi connectivity index (χ3v) is 8.88. The van der Waals surface area contributed by atoms with Crippen LogP contribution in [0, 0.1) is 0 Å². The molecule has 5 rings (SSSR count). The van der Waals surface area contributed by atoms with Gasteiger partial charge in [-0.05, 0) is 30.3 Å². The van der Waals surface area contributed by atoms with Crippen molar-refractivity contribution in [1.82, 2.24) is 9.29 Å². The van der Waals surface area contributed by atoms with Crippen LogP contribution < -0.4 is 4.90 Å². The Bertz CT molecular complexity index is 1140. The fourth-order valence-electron chi connectivity index (χ4n) is 4.12. The van der Waals surface area contributed by atoms with Gasteiger partial charge >= 0.3 is 0 Å². The van der Waals surface area contributed by atoms with Gasteiger partial charge in [-0.2, -0.15) is 4.31 Å². The molecule has 0 bridgehead atoms. The minimum atomic E-state index is -3.59. The van der Waals surface area contributed by atoms with E-state index < -0.39 is 15.7 Å². The molecule has 9 heteroatoms. The van der Waals surface area contributed by atoms with Gasteiger partial charge in [-0.15, -0.1) is 0 Å². The normalized spacial score (nSPS) is 20.0. The number of sulfonamides is 1. The number of fused-ring (bicyclic) bond motifs is 1. The highest BCUT2D eigenvalue weighted by molar-refractivity contribution is 7.89. The molecule has 0 N–H and O–H groups in total. The van der Waals surface area contributed by atoms with Gasteiger partial charge in [0.2, 0.25) is 10.0 Å². The lowest BCUT2D eigenvalue weighted by Gasteiger charge is -2.42. The predicted molar refractivity (Wildman–Crippen MR) is 115 cm³/mol. The number of nitrogens with zero attached hydrogens (tertiary/aromatic N) is 3. The number of benzene rings is 2. The molecule has 2 aliphatic rings. The number of anilines is 1. The van der Waals surface area contributed by atoms with Crippen LogP contribution in [0.2, 0.25) is 5.02 Å². The Balaban J connectivity index is 1.38. The lowest BCUT2D eigenvalue weighted by Crippen LogP contribution is -2.54. The molecule has 1 aromatic heterocycles.